The van der Waals surface area contributed by atoms with Crippen LogP contribution in [0.1, 0.15) is 18.0 Å². The van der Waals surface area contributed by atoms with Crippen molar-refractivity contribution in [3.63, 3.8) is 0 Å². The minimum absolute atomic E-state index is 0.482. The maximum Gasteiger partial charge on any atom is 0.218 e. The first-order valence-electron chi connectivity index (χ1n) is 5.95. The molecule has 0 radical (unpaired) electrons. The van der Waals surface area contributed by atoms with Crippen molar-refractivity contribution in [1.29, 1.82) is 0 Å². The number of nitrogens with zero attached hydrogens (tertiary/aromatic N) is 4. The van der Waals surface area contributed by atoms with Crippen molar-refractivity contribution in [2.75, 3.05) is 27.2 Å². The van der Waals surface area contributed by atoms with Gasteiger partial charge >= 0.3 is 0 Å². The zero-order chi connectivity index (χ0) is 12.7. The van der Waals surface area contributed by atoms with Gasteiger partial charge in [0.1, 0.15) is 0 Å². The number of likely N-dealkylation sites (tertiary alicyclic amines) is 1. The van der Waals surface area contributed by atoms with E-state index in [1.54, 1.807) is 17.8 Å². The van der Waals surface area contributed by atoms with Gasteiger partial charge in [-0.25, -0.2) is 4.98 Å². The fourth-order valence-electron chi connectivity index (χ4n) is 2.46. The number of hydrogen-bond acceptors (Lipinski definition) is 4. The number of methoxy groups -OCH3 is 1. The van der Waals surface area contributed by atoms with Crippen LogP contribution in [0.25, 0.3) is 5.65 Å². The Bertz CT molecular complexity index is 583. The summed E-state index contributed by atoms with van der Waals surface area (Å²) in [4.78, 5) is 7.03. The topological polar surface area (TPSA) is 42.7 Å². The average molecular weight is 311 g/mol. The maximum absolute atomic E-state index is 5.39. The minimum atomic E-state index is 0.482. The third-order valence-corrected chi connectivity index (χ3v) is 3.99. The number of likely N-dealkylation sites (N-methyl/N-ethyl adjacent to an activating group) is 1. The molecular weight excluding hydrogens is 296 g/mol. The summed E-state index contributed by atoms with van der Waals surface area (Å²) in [5.41, 5.74) is 1.91. The van der Waals surface area contributed by atoms with E-state index in [-0.39, 0.29) is 0 Å². The normalized spacial score (nSPS) is 20.7. The van der Waals surface area contributed by atoms with Crippen molar-refractivity contribution in [3.05, 3.63) is 22.4 Å². The van der Waals surface area contributed by atoms with Crippen LogP contribution >= 0.6 is 15.9 Å². The Kier molecular flexibility index (Phi) is 2.99. The first-order valence-corrected chi connectivity index (χ1v) is 6.75. The Hall–Kier alpha value is -1.14. The molecule has 1 fully saturated rings. The van der Waals surface area contributed by atoms with Crippen LogP contribution in [0.2, 0.25) is 0 Å². The molecule has 0 saturated carbocycles. The lowest BCUT2D eigenvalue weighted by Crippen LogP contribution is -2.14. The highest BCUT2D eigenvalue weighted by Gasteiger charge is 2.24. The first kappa shape index (κ1) is 11.9. The molecule has 0 spiro atoms. The van der Waals surface area contributed by atoms with Crippen LogP contribution in [0.4, 0.5) is 0 Å². The highest BCUT2D eigenvalue weighted by atomic mass is 79.9. The zero-order valence-corrected chi connectivity index (χ0v) is 12.0. The van der Waals surface area contributed by atoms with E-state index in [2.05, 4.69) is 33.0 Å². The maximum atomic E-state index is 5.39. The molecule has 2 aromatic rings. The third kappa shape index (κ3) is 1.89. The third-order valence-electron chi connectivity index (χ3n) is 3.43. The molecule has 0 aromatic carbocycles. The van der Waals surface area contributed by atoms with Crippen LogP contribution in [-0.2, 0) is 0 Å². The lowest BCUT2D eigenvalue weighted by Gasteiger charge is -2.12. The van der Waals surface area contributed by atoms with Gasteiger partial charge in [-0.05, 0) is 35.9 Å². The fraction of sp³-hybridized carbons (Fsp3) is 0.500. The highest BCUT2D eigenvalue weighted by molar-refractivity contribution is 9.10. The summed E-state index contributed by atoms with van der Waals surface area (Å²) in [5, 5.41) is 4.24. The molecular formula is C12H15BrN4O. The van der Waals surface area contributed by atoms with Crippen LogP contribution in [-0.4, -0.2) is 46.7 Å². The summed E-state index contributed by atoms with van der Waals surface area (Å²) in [6.07, 6.45) is 2.89. The van der Waals surface area contributed by atoms with E-state index in [4.69, 9.17) is 9.72 Å². The van der Waals surface area contributed by atoms with E-state index < -0.39 is 0 Å². The van der Waals surface area contributed by atoms with Gasteiger partial charge < -0.3 is 9.64 Å². The molecule has 18 heavy (non-hydrogen) atoms. The SMILES string of the molecule is COc1cc(C2CCN(C)C2)nc2c(Br)cnn12. The summed E-state index contributed by atoms with van der Waals surface area (Å²) in [6.45, 7) is 2.18. The molecule has 0 amide bonds. The molecule has 3 rings (SSSR count). The van der Waals surface area contributed by atoms with Crippen molar-refractivity contribution >= 4 is 21.6 Å². The van der Waals surface area contributed by atoms with E-state index in [0.29, 0.717) is 5.92 Å². The number of aromatic nitrogens is 3. The average Bonchev–Trinajstić information content (AvgIpc) is 2.96. The van der Waals surface area contributed by atoms with E-state index in [1.807, 2.05) is 6.07 Å². The van der Waals surface area contributed by atoms with Gasteiger partial charge in [-0.3, -0.25) is 0 Å². The Morgan fingerprint density at radius 1 is 1.50 bits per heavy atom. The summed E-state index contributed by atoms with van der Waals surface area (Å²) < 4.78 is 8.01. The Balaban J connectivity index is 2.09. The highest BCUT2D eigenvalue weighted by Crippen LogP contribution is 2.29. The quantitative estimate of drug-likeness (QED) is 0.850. The number of hydrogen-bond donors (Lipinski definition) is 0. The van der Waals surface area contributed by atoms with E-state index in [1.165, 1.54) is 0 Å². The molecule has 0 aliphatic carbocycles. The van der Waals surface area contributed by atoms with Crippen molar-refractivity contribution in [1.82, 2.24) is 19.5 Å². The van der Waals surface area contributed by atoms with Crippen molar-refractivity contribution < 1.29 is 4.74 Å². The van der Waals surface area contributed by atoms with Gasteiger partial charge in [-0.15, -0.1) is 0 Å². The Morgan fingerprint density at radius 3 is 3.00 bits per heavy atom. The van der Waals surface area contributed by atoms with Gasteiger partial charge in [0.25, 0.3) is 0 Å². The van der Waals surface area contributed by atoms with E-state index >= 15 is 0 Å². The summed E-state index contributed by atoms with van der Waals surface area (Å²) in [7, 11) is 3.80. The molecule has 1 saturated heterocycles. The summed E-state index contributed by atoms with van der Waals surface area (Å²) in [5.74, 6) is 1.21. The molecule has 0 N–H and O–H groups in total. The molecule has 1 atom stereocenters. The van der Waals surface area contributed by atoms with Gasteiger partial charge in [-0.1, -0.05) is 0 Å². The smallest absolute Gasteiger partial charge is 0.218 e. The number of ether oxygens (including phenoxy) is 1. The molecule has 5 nitrogen and oxygen atoms in total. The van der Waals surface area contributed by atoms with Gasteiger partial charge in [0.2, 0.25) is 5.88 Å². The zero-order valence-electron chi connectivity index (χ0n) is 10.4. The van der Waals surface area contributed by atoms with Crippen molar-refractivity contribution in [2.45, 2.75) is 12.3 Å². The monoisotopic (exact) mass is 310 g/mol. The van der Waals surface area contributed by atoms with Crippen molar-refractivity contribution in [2.24, 2.45) is 0 Å². The molecule has 96 valence electrons. The molecule has 1 unspecified atom stereocenters. The molecule has 6 heteroatoms. The number of fused-ring (bicyclic) bond motifs is 1. The first-order chi connectivity index (χ1) is 8.69. The number of rotatable bonds is 2. The van der Waals surface area contributed by atoms with E-state index in [0.717, 1.165) is 41.2 Å². The second-order valence-electron chi connectivity index (χ2n) is 4.70. The van der Waals surface area contributed by atoms with Gasteiger partial charge in [0.15, 0.2) is 5.65 Å². The molecule has 2 aromatic heterocycles. The molecule has 3 heterocycles. The standard InChI is InChI=1S/C12H15BrN4O/c1-16-4-3-8(7-16)10-5-11(18-2)17-12(15-10)9(13)6-14-17/h5-6,8H,3-4,7H2,1-2H3. The Labute approximate surface area is 114 Å². The van der Waals surface area contributed by atoms with Gasteiger partial charge in [-0.2, -0.15) is 9.61 Å². The van der Waals surface area contributed by atoms with Crippen LogP contribution in [0.3, 0.4) is 0 Å². The predicted molar refractivity (Wildman–Crippen MR) is 72.1 cm³/mol. The molecule has 1 aliphatic heterocycles. The van der Waals surface area contributed by atoms with Crippen LogP contribution < -0.4 is 4.74 Å². The minimum Gasteiger partial charge on any atom is -0.481 e. The predicted octanol–water partition coefficient (Wildman–Crippen LogP) is 1.92. The second kappa shape index (κ2) is 4.51. The van der Waals surface area contributed by atoms with Crippen LogP contribution in [0.5, 0.6) is 5.88 Å². The van der Waals surface area contributed by atoms with Gasteiger partial charge in [0, 0.05) is 18.5 Å². The van der Waals surface area contributed by atoms with E-state index in [9.17, 15) is 0 Å². The van der Waals surface area contributed by atoms with Crippen LogP contribution in [0, 0.1) is 0 Å². The fourth-order valence-corrected chi connectivity index (χ4v) is 2.81. The molecule has 1 aliphatic rings. The Morgan fingerprint density at radius 2 is 2.33 bits per heavy atom. The molecule has 0 bridgehead atoms. The lowest BCUT2D eigenvalue weighted by molar-refractivity contribution is 0.382. The van der Waals surface area contributed by atoms with Gasteiger partial charge in [0.05, 0.1) is 23.5 Å². The van der Waals surface area contributed by atoms with Crippen molar-refractivity contribution in [3.8, 4) is 5.88 Å². The largest absolute Gasteiger partial charge is 0.481 e. The summed E-state index contributed by atoms with van der Waals surface area (Å²) in [6, 6.07) is 2.00. The van der Waals surface area contributed by atoms with Crippen LogP contribution in [0.15, 0.2) is 16.7 Å². The number of halogens is 1. The summed E-state index contributed by atoms with van der Waals surface area (Å²) >= 11 is 3.47. The lowest BCUT2D eigenvalue weighted by atomic mass is 10.0. The second-order valence-corrected chi connectivity index (χ2v) is 5.55.